The predicted molar refractivity (Wildman–Crippen MR) is 56.4 cm³/mol. The highest BCUT2D eigenvalue weighted by Gasteiger charge is 2.04. The molecule has 0 saturated heterocycles. The van der Waals surface area contributed by atoms with E-state index in [-0.39, 0.29) is 18.5 Å². The molecule has 0 aliphatic rings. The van der Waals surface area contributed by atoms with Crippen LogP contribution in [-0.2, 0) is 0 Å². The SMILES string of the molecule is CC(NCCCCCCO)C(N)=NO. The Morgan fingerprint density at radius 1 is 1.36 bits per heavy atom. The van der Waals surface area contributed by atoms with Crippen molar-refractivity contribution in [3.05, 3.63) is 0 Å². The van der Waals surface area contributed by atoms with Gasteiger partial charge < -0.3 is 21.4 Å². The van der Waals surface area contributed by atoms with Crippen molar-refractivity contribution in [3.63, 3.8) is 0 Å². The third kappa shape index (κ3) is 6.68. The summed E-state index contributed by atoms with van der Waals surface area (Å²) in [5.74, 6) is 0.209. The molecular formula is C9H21N3O2. The van der Waals surface area contributed by atoms with Crippen LogP contribution >= 0.6 is 0 Å². The molecule has 0 spiro atoms. The first kappa shape index (κ1) is 13.2. The summed E-state index contributed by atoms with van der Waals surface area (Å²) < 4.78 is 0. The summed E-state index contributed by atoms with van der Waals surface area (Å²) in [6.07, 6.45) is 4.06. The molecule has 5 N–H and O–H groups in total. The van der Waals surface area contributed by atoms with Crippen molar-refractivity contribution in [2.45, 2.75) is 38.6 Å². The number of nitrogens with two attached hydrogens (primary N) is 1. The average molecular weight is 203 g/mol. The number of hydrogen-bond donors (Lipinski definition) is 4. The van der Waals surface area contributed by atoms with Crippen molar-refractivity contribution in [2.75, 3.05) is 13.2 Å². The first-order chi connectivity index (χ1) is 6.72. The summed E-state index contributed by atoms with van der Waals surface area (Å²) in [6, 6.07) is -0.0853. The molecule has 1 atom stereocenters. The van der Waals surface area contributed by atoms with Crippen LogP contribution in [0.2, 0.25) is 0 Å². The lowest BCUT2D eigenvalue weighted by molar-refractivity contribution is 0.282. The average Bonchev–Trinajstić information content (AvgIpc) is 2.21. The molecule has 0 aromatic heterocycles. The molecule has 0 aliphatic heterocycles. The van der Waals surface area contributed by atoms with Crippen molar-refractivity contribution >= 4 is 5.84 Å². The Labute approximate surface area is 85.0 Å². The monoisotopic (exact) mass is 203 g/mol. The highest BCUT2D eigenvalue weighted by molar-refractivity contribution is 5.84. The van der Waals surface area contributed by atoms with Gasteiger partial charge in [-0.15, -0.1) is 0 Å². The van der Waals surface area contributed by atoms with Crippen LogP contribution in [0.25, 0.3) is 0 Å². The van der Waals surface area contributed by atoms with Crippen LogP contribution in [0.1, 0.15) is 32.6 Å². The molecule has 0 aromatic carbocycles. The fourth-order valence-electron chi connectivity index (χ4n) is 1.10. The summed E-state index contributed by atoms with van der Waals surface area (Å²) in [5.41, 5.74) is 5.38. The Morgan fingerprint density at radius 2 is 2.00 bits per heavy atom. The van der Waals surface area contributed by atoms with Crippen molar-refractivity contribution in [1.82, 2.24) is 5.32 Å². The van der Waals surface area contributed by atoms with Gasteiger partial charge in [0.1, 0.15) is 0 Å². The van der Waals surface area contributed by atoms with Crippen LogP contribution in [0.15, 0.2) is 5.16 Å². The molecule has 0 saturated carbocycles. The second kappa shape index (κ2) is 8.77. The Hall–Kier alpha value is -0.810. The van der Waals surface area contributed by atoms with E-state index in [0.717, 1.165) is 32.2 Å². The second-order valence-corrected chi connectivity index (χ2v) is 3.34. The van der Waals surface area contributed by atoms with Gasteiger partial charge >= 0.3 is 0 Å². The van der Waals surface area contributed by atoms with E-state index < -0.39 is 0 Å². The maximum absolute atomic E-state index is 8.54. The normalized spacial score (nSPS) is 14.3. The second-order valence-electron chi connectivity index (χ2n) is 3.34. The van der Waals surface area contributed by atoms with Crippen molar-refractivity contribution in [3.8, 4) is 0 Å². The third-order valence-electron chi connectivity index (χ3n) is 2.09. The predicted octanol–water partition coefficient (Wildman–Crippen LogP) is 0.264. The van der Waals surface area contributed by atoms with Crippen LogP contribution in [-0.4, -0.2) is 35.3 Å². The van der Waals surface area contributed by atoms with Gasteiger partial charge in [-0.25, -0.2) is 0 Å². The number of unbranched alkanes of at least 4 members (excludes halogenated alkanes) is 3. The van der Waals surface area contributed by atoms with Crippen LogP contribution in [0.3, 0.4) is 0 Å². The molecule has 0 amide bonds. The van der Waals surface area contributed by atoms with E-state index in [1.165, 1.54) is 0 Å². The molecular weight excluding hydrogens is 182 g/mol. The Balaban J connectivity index is 3.27. The van der Waals surface area contributed by atoms with Crippen LogP contribution in [0, 0.1) is 0 Å². The zero-order valence-corrected chi connectivity index (χ0v) is 8.74. The molecule has 0 rings (SSSR count). The Bertz CT molecular complexity index is 162. The number of rotatable bonds is 8. The molecule has 0 bridgehead atoms. The van der Waals surface area contributed by atoms with Gasteiger partial charge in [0.05, 0.1) is 6.04 Å². The van der Waals surface area contributed by atoms with Crippen molar-refractivity contribution in [2.24, 2.45) is 10.9 Å². The molecule has 84 valence electrons. The van der Waals surface area contributed by atoms with E-state index >= 15 is 0 Å². The summed E-state index contributed by atoms with van der Waals surface area (Å²) in [7, 11) is 0. The van der Waals surface area contributed by atoms with E-state index in [9.17, 15) is 0 Å². The minimum absolute atomic E-state index is 0.0853. The minimum Gasteiger partial charge on any atom is -0.409 e. The van der Waals surface area contributed by atoms with E-state index in [2.05, 4.69) is 10.5 Å². The maximum atomic E-state index is 8.54. The molecule has 0 heterocycles. The Morgan fingerprint density at radius 3 is 2.57 bits per heavy atom. The standard InChI is InChI=1S/C9H21N3O2/c1-8(9(10)12-14)11-6-4-2-3-5-7-13/h8,11,13-14H,2-7H2,1H3,(H2,10,12). The lowest BCUT2D eigenvalue weighted by Crippen LogP contribution is -2.39. The van der Waals surface area contributed by atoms with Gasteiger partial charge in [0, 0.05) is 6.61 Å². The zero-order chi connectivity index (χ0) is 10.8. The van der Waals surface area contributed by atoms with Gasteiger partial charge in [-0.05, 0) is 26.3 Å². The molecule has 0 aliphatic carbocycles. The molecule has 5 nitrogen and oxygen atoms in total. The van der Waals surface area contributed by atoms with Crippen LogP contribution < -0.4 is 11.1 Å². The quantitative estimate of drug-likeness (QED) is 0.150. The zero-order valence-electron chi connectivity index (χ0n) is 8.74. The maximum Gasteiger partial charge on any atom is 0.156 e. The number of aliphatic hydroxyl groups excluding tert-OH is 1. The summed E-state index contributed by atoms with van der Waals surface area (Å²) >= 11 is 0. The molecule has 1 unspecified atom stereocenters. The van der Waals surface area contributed by atoms with Crippen LogP contribution in [0.5, 0.6) is 0 Å². The number of nitrogens with zero attached hydrogens (tertiary/aromatic N) is 1. The van der Waals surface area contributed by atoms with E-state index in [1.54, 1.807) is 0 Å². The number of aliphatic hydroxyl groups is 1. The molecule has 0 aromatic rings. The fourth-order valence-corrected chi connectivity index (χ4v) is 1.10. The fraction of sp³-hybridized carbons (Fsp3) is 0.889. The summed E-state index contributed by atoms with van der Waals surface area (Å²) in [4.78, 5) is 0. The third-order valence-corrected chi connectivity index (χ3v) is 2.09. The van der Waals surface area contributed by atoms with Crippen LogP contribution in [0.4, 0.5) is 0 Å². The van der Waals surface area contributed by atoms with Gasteiger partial charge in [0.2, 0.25) is 0 Å². The highest BCUT2D eigenvalue weighted by atomic mass is 16.4. The Kier molecular flexibility index (Phi) is 8.27. The number of hydrogen-bond acceptors (Lipinski definition) is 4. The van der Waals surface area contributed by atoms with Gasteiger partial charge in [0.15, 0.2) is 5.84 Å². The molecule has 5 heteroatoms. The van der Waals surface area contributed by atoms with Crippen molar-refractivity contribution < 1.29 is 10.3 Å². The first-order valence-corrected chi connectivity index (χ1v) is 5.04. The van der Waals surface area contributed by atoms with E-state index in [4.69, 9.17) is 16.0 Å². The smallest absolute Gasteiger partial charge is 0.156 e. The lowest BCUT2D eigenvalue weighted by Gasteiger charge is -2.11. The summed E-state index contributed by atoms with van der Waals surface area (Å²) in [6.45, 7) is 2.97. The largest absolute Gasteiger partial charge is 0.409 e. The topological polar surface area (TPSA) is 90.9 Å². The van der Waals surface area contributed by atoms with Crippen molar-refractivity contribution in [1.29, 1.82) is 0 Å². The molecule has 0 fully saturated rings. The lowest BCUT2D eigenvalue weighted by atomic mass is 10.2. The van der Waals surface area contributed by atoms with Gasteiger partial charge in [-0.2, -0.15) is 0 Å². The molecule has 0 radical (unpaired) electrons. The number of nitrogens with one attached hydrogen (secondary N) is 1. The van der Waals surface area contributed by atoms with Gasteiger partial charge in [0.25, 0.3) is 0 Å². The summed E-state index contributed by atoms with van der Waals surface area (Å²) in [5, 5.41) is 23.0. The number of oxime groups is 1. The first-order valence-electron chi connectivity index (χ1n) is 5.04. The van der Waals surface area contributed by atoms with E-state index in [1.807, 2.05) is 6.92 Å². The van der Waals surface area contributed by atoms with E-state index in [0.29, 0.717) is 0 Å². The minimum atomic E-state index is -0.0853. The van der Waals surface area contributed by atoms with Gasteiger partial charge in [-0.3, -0.25) is 0 Å². The number of amidine groups is 1. The van der Waals surface area contributed by atoms with Gasteiger partial charge in [-0.1, -0.05) is 18.0 Å². The highest BCUT2D eigenvalue weighted by Crippen LogP contribution is 1.97. The molecule has 14 heavy (non-hydrogen) atoms.